The maximum absolute atomic E-state index is 14.0. The van der Waals surface area contributed by atoms with Crippen LogP contribution in [0.5, 0.6) is 0 Å². The summed E-state index contributed by atoms with van der Waals surface area (Å²) in [5.74, 6) is -0.728. The van der Waals surface area contributed by atoms with Gasteiger partial charge in [-0.3, -0.25) is 13.9 Å². The molecule has 214 valence electrons. The van der Waals surface area contributed by atoms with Crippen LogP contribution in [0.25, 0.3) is 0 Å². The summed E-state index contributed by atoms with van der Waals surface area (Å²) >= 11 is 15.9. The van der Waals surface area contributed by atoms with Crippen LogP contribution in [0, 0.1) is 12.8 Å². The molecule has 0 saturated carbocycles. The average molecular weight is 669 g/mol. The van der Waals surface area contributed by atoms with E-state index >= 15 is 0 Å². The molecule has 1 unspecified atom stereocenters. The van der Waals surface area contributed by atoms with Crippen LogP contribution in [0.2, 0.25) is 10.0 Å². The van der Waals surface area contributed by atoms with Crippen molar-refractivity contribution in [1.29, 1.82) is 0 Å². The summed E-state index contributed by atoms with van der Waals surface area (Å²) in [5.41, 5.74) is 1.76. The lowest BCUT2D eigenvalue weighted by atomic mass is 10.1. The van der Waals surface area contributed by atoms with E-state index in [2.05, 4.69) is 21.2 Å². The van der Waals surface area contributed by atoms with E-state index in [-0.39, 0.29) is 23.3 Å². The van der Waals surface area contributed by atoms with Gasteiger partial charge < -0.3 is 10.2 Å². The Labute approximate surface area is 254 Å². The molecule has 3 rings (SSSR count). The predicted molar refractivity (Wildman–Crippen MR) is 164 cm³/mol. The lowest BCUT2D eigenvalue weighted by molar-refractivity contribution is -0.139. The van der Waals surface area contributed by atoms with Crippen LogP contribution in [0.1, 0.15) is 31.9 Å². The Hall–Kier alpha value is -2.59. The van der Waals surface area contributed by atoms with Crippen LogP contribution in [0.4, 0.5) is 5.69 Å². The first-order valence-electron chi connectivity index (χ1n) is 12.7. The van der Waals surface area contributed by atoms with Crippen LogP contribution in [0.15, 0.2) is 76.1 Å². The number of halogens is 3. The largest absolute Gasteiger partial charge is 0.354 e. The maximum atomic E-state index is 14.0. The summed E-state index contributed by atoms with van der Waals surface area (Å²) < 4.78 is 29.4. The van der Waals surface area contributed by atoms with Gasteiger partial charge in [-0.2, -0.15) is 0 Å². The standard InChI is InChI=1S/C29H32BrCl2N3O4S/c1-19(2)16-33-29(37)21(4)34(17-22-10-11-24(31)15-27(22)32)28(36)18-35(25-7-5-6-23(30)14-25)40(38,39)26-12-8-20(3)9-13-26/h5-15,19,21H,16-18H2,1-4H3,(H,33,37). The molecule has 1 atom stereocenters. The van der Waals surface area contributed by atoms with Gasteiger partial charge in [0.1, 0.15) is 12.6 Å². The normalized spacial score (nSPS) is 12.2. The topological polar surface area (TPSA) is 86.8 Å². The number of carbonyl (C=O) groups excluding carboxylic acids is 2. The molecule has 0 aliphatic carbocycles. The van der Waals surface area contributed by atoms with Crippen molar-refractivity contribution in [3.63, 3.8) is 0 Å². The molecule has 11 heteroatoms. The van der Waals surface area contributed by atoms with E-state index in [9.17, 15) is 18.0 Å². The van der Waals surface area contributed by atoms with Crippen molar-refractivity contribution in [2.75, 3.05) is 17.4 Å². The number of benzene rings is 3. The van der Waals surface area contributed by atoms with Crippen LogP contribution >= 0.6 is 39.1 Å². The third kappa shape index (κ3) is 8.22. The van der Waals surface area contributed by atoms with E-state index in [1.807, 2.05) is 20.8 Å². The monoisotopic (exact) mass is 667 g/mol. The van der Waals surface area contributed by atoms with Gasteiger partial charge >= 0.3 is 0 Å². The molecule has 7 nitrogen and oxygen atoms in total. The predicted octanol–water partition coefficient (Wildman–Crippen LogP) is 6.45. The number of aryl methyl sites for hydroxylation is 1. The Morgan fingerprint density at radius 3 is 2.25 bits per heavy atom. The highest BCUT2D eigenvalue weighted by molar-refractivity contribution is 9.10. The van der Waals surface area contributed by atoms with E-state index in [0.717, 1.165) is 9.87 Å². The van der Waals surface area contributed by atoms with E-state index in [0.29, 0.717) is 32.3 Å². The van der Waals surface area contributed by atoms with Gasteiger partial charge in [0.05, 0.1) is 10.6 Å². The lowest BCUT2D eigenvalue weighted by Crippen LogP contribution is -2.51. The smallest absolute Gasteiger partial charge is 0.264 e. The zero-order chi connectivity index (χ0) is 29.6. The first kappa shape index (κ1) is 31.9. The Morgan fingerprint density at radius 1 is 0.975 bits per heavy atom. The Bertz CT molecular complexity index is 1470. The van der Waals surface area contributed by atoms with Crippen LogP contribution in [-0.2, 0) is 26.2 Å². The second-order valence-corrected chi connectivity index (χ2v) is 13.5. The molecule has 3 aromatic carbocycles. The fourth-order valence-corrected chi connectivity index (χ4v) is 6.13. The molecule has 0 bridgehead atoms. The highest BCUT2D eigenvalue weighted by Crippen LogP contribution is 2.28. The number of nitrogens with zero attached hydrogens (tertiary/aromatic N) is 2. The molecule has 0 aliphatic rings. The summed E-state index contributed by atoms with van der Waals surface area (Å²) in [7, 11) is -4.15. The number of rotatable bonds is 11. The molecule has 0 spiro atoms. The van der Waals surface area contributed by atoms with Gasteiger partial charge in [0.15, 0.2) is 0 Å². The minimum atomic E-state index is -4.15. The molecule has 2 amide bonds. The molecule has 1 N–H and O–H groups in total. The number of nitrogens with one attached hydrogen (secondary N) is 1. The van der Waals surface area contributed by atoms with E-state index in [4.69, 9.17) is 23.2 Å². The van der Waals surface area contributed by atoms with Gasteiger partial charge in [-0.25, -0.2) is 8.42 Å². The van der Waals surface area contributed by atoms with Gasteiger partial charge in [0.25, 0.3) is 10.0 Å². The molecule has 0 saturated heterocycles. The fourth-order valence-electron chi connectivity index (χ4n) is 3.87. The molecular weight excluding hydrogens is 637 g/mol. The summed E-state index contributed by atoms with van der Waals surface area (Å²) in [4.78, 5) is 28.4. The van der Waals surface area contributed by atoms with Crippen molar-refractivity contribution in [3.05, 3.63) is 92.4 Å². The minimum Gasteiger partial charge on any atom is -0.354 e. The fraction of sp³-hybridized carbons (Fsp3) is 0.310. The number of carbonyl (C=O) groups is 2. The van der Waals surface area contributed by atoms with Gasteiger partial charge in [0, 0.05) is 27.6 Å². The number of sulfonamides is 1. The van der Waals surface area contributed by atoms with Gasteiger partial charge in [0.2, 0.25) is 11.8 Å². The highest BCUT2D eigenvalue weighted by atomic mass is 79.9. The van der Waals surface area contributed by atoms with E-state index in [1.54, 1.807) is 61.5 Å². The number of amides is 2. The van der Waals surface area contributed by atoms with E-state index < -0.39 is 28.5 Å². The van der Waals surface area contributed by atoms with Crippen LogP contribution in [-0.4, -0.2) is 44.3 Å². The van der Waals surface area contributed by atoms with Crippen LogP contribution < -0.4 is 9.62 Å². The summed E-state index contributed by atoms with van der Waals surface area (Å²) in [6.45, 7) is 7.26. The van der Waals surface area contributed by atoms with Gasteiger partial charge in [-0.15, -0.1) is 0 Å². The summed E-state index contributed by atoms with van der Waals surface area (Å²) in [6, 6.07) is 17.1. The molecule has 0 heterocycles. The minimum absolute atomic E-state index is 0.0258. The van der Waals surface area contributed by atoms with E-state index in [1.165, 1.54) is 17.0 Å². The summed E-state index contributed by atoms with van der Waals surface area (Å²) in [6.07, 6.45) is 0. The highest BCUT2D eigenvalue weighted by Gasteiger charge is 2.33. The number of hydrogen-bond donors (Lipinski definition) is 1. The molecular formula is C29H32BrCl2N3O4S. The lowest BCUT2D eigenvalue weighted by Gasteiger charge is -2.32. The van der Waals surface area contributed by atoms with Crippen molar-refractivity contribution in [2.45, 2.75) is 45.2 Å². The Morgan fingerprint density at radius 2 is 1.65 bits per heavy atom. The zero-order valence-electron chi connectivity index (χ0n) is 22.7. The van der Waals surface area contributed by atoms with Crippen molar-refractivity contribution in [1.82, 2.24) is 10.2 Å². The maximum Gasteiger partial charge on any atom is 0.264 e. The van der Waals surface area contributed by atoms with Crippen LogP contribution in [0.3, 0.4) is 0 Å². The number of anilines is 1. The third-order valence-electron chi connectivity index (χ3n) is 6.19. The van der Waals surface area contributed by atoms with Crippen molar-refractivity contribution >= 4 is 66.7 Å². The second-order valence-electron chi connectivity index (χ2n) is 9.88. The Kier molecular flexibility index (Phi) is 11.1. The Balaban J connectivity index is 2.04. The first-order valence-corrected chi connectivity index (χ1v) is 15.6. The molecule has 0 fully saturated rings. The van der Waals surface area contributed by atoms with Crippen molar-refractivity contribution in [3.8, 4) is 0 Å². The molecule has 0 aliphatic heterocycles. The molecule has 0 aromatic heterocycles. The van der Waals surface area contributed by atoms with Crippen molar-refractivity contribution < 1.29 is 18.0 Å². The summed E-state index contributed by atoms with van der Waals surface area (Å²) in [5, 5.41) is 3.62. The first-order chi connectivity index (χ1) is 18.8. The zero-order valence-corrected chi connectivity index (χ0v) is 26.6. The third-order valence-corrected chi connectivity index (χ3v) is 9.06. The molecule has 3 aromatic rings. The number of hydrogen-bond acceptors (Lipinski definition) is 4. The van der Waals surface area contributed by atoms with Crippen molar-refractivity contribution in [2.24, 2.45) is 5.92 Å². The molecule has 40 heavy (non-hydrogen) atoms. The van der Waals surface area contributed by atoms with Gasteiger partial charge in [-0.05, 0) is 67.8 Å². The SMILES string of the molecule is Cc1ccc(S(=O)(=O)N(CC(=O)N(Cc2ccc(Cl)cc2Cl)C(C)C(=O)NCC(C)C)c2cccc(Br)c2)cc1. The van der Waals surface area contributed by atoms with Gasteiger partial charge in [-0.1, -0.05) is 82.8 Å². The quantitative estimate of drug-likeness (QED) is 0.255. The second kappa shape index (κ2) is 13.9. The molecule has 0 radical (unpaired) electrons. The average Bonchev–Trinajstić information content (AvgIpc) is 2.89.